The van der Waals surface area contributed by atoms with Crippen molar-refractivity contribution in [3.05, 3.63) is 69.7 Å². The number of carbonyl (C=O) groups is 1. The molecule has 0 aliphatic heterocycles. The van der Waals surface area contributed by atoms with Crippen LogP contribution in [0.3, 0.4) is 0 Å². The van der Waals surface area contributed by atoms with Crippen LogP contribution in [0, 0.1) is 10.1 Å². The van der Waals surface area contributed by atoms with Crippen molar-refractivity contribution in [1.29, 1.82) is 0 Å². The van der Waals surface area contributed by atoms with Crippen molar-refractivity contribution >= 4 is 23.9 Å². The van der Waals surface area contributed by atoms with Gasteiger partial charge in [0.15, 0.2) is 0 Å². The van der Waals surface area contributed by atoms with E-state index in [9.17, 15) is 14.9 Å². The molecule has 7 heteroatoms. The molecule has 0 atom stereocenters. The number of amides is 1. The number of nitro benzene ring substituents is 1. The smallest absolute Gasteiger partial charge is 0.271 e. The molecule has 112 valence electrons. The highest BCUT2D eigenvalue weighted by molar-refractivity contribution is 5.95. The first-order valence-electron chi connectivity index (χ1n) is 6.36. The Bertz CT molecular complexity index is 733. The number of benzene rings is 1. The van der Waals surface area contributed by atoms with Crippen molar-refractivity contribution in [2.75, 3.05) is 0 Å². The van der Waals surface area contributed by atoms with Gasteiger partial charge < -0.3 is 4.42 Å². The minimum Gasteiger partial charge on any atom is -0.465 e. The van der Waals surface area contributed by atoms with Gasteiger partial charge in [-0.2, -0.15) is 5.10 Å². The molecule has 0 spiro atoms. The Hall–Kier alpha value is -3.22. The molecule has 1 aromatic heterocycles. The first-order chi connectivity index (χ1) is 10.6. The number of allylic oxidation sites excluding steroid dienone is 1. The lowest BCUT2D eigenvalue weighted by Gasteiger charge is -1.99. The largest absolute Gasteiger partial charge is 0.465 e. The van der Waals surface area contributed by atoms with Crippen LogP contribution in [-0.2, 0) is 0 Å². The summed E-state index contributed by atoms with van der Waals surface area (Å²) in [5, 5.41) is 14.5. The summed E-state index contributed by atoms with van der Waals surface area (Å²) in [5.74, 6) is 0.153. The maximum absolute atomic E-state index is 11.8. The third kappa shape index (κ3) is 4.14. The molecule has 0 aliphatic rings. The summed E-state index contributed by atoms with van der Waals surface area (Å²) < 4.78 is 5.15. The number of hydrogen-bond acceptors (Lipinski definition) is 5. The van der Waals surface area contributed by atoms with Gasteiger partial charge in [-0.05, 0) is 36.8 Å². The standard InChI is InChI=1S/C15H13N3O4/c1-11(8-14-6-3-7-22-14)10-16-17-15(19)12-4-2-5-13(9-12)18(20)21/h2-10H,1H3,(H,17,19). The highest BCUT2D eigenvalue weighted by atomic mass is 16.6. The SMILES string of the molecule is CC(C=NNC(=O)c1cccc([N+](=O)[O-])c1)=Cc1ccco1. The normalized spacial score (nSPS) is 11.6. The number of nitro groups is 1. The van der Waals surface area contributed by atoms with E-state index < -0.39 is 10.8 Å². The highest BCUT2D eigenvalue weighted by Crippen LogP contribution is 2.12. The van der Waals surface area contributed by atoms with Crippen LogP contribution < -0.4 is 5.43 Å². The maximum atomic E-state index is 11.8. The Labute approximate surface area is 126 Å². The van der Waals surface area contributed by atoms with Crippen molar-refractivity contribution < 1.29 is 14.1 Å². The minimum atomic E-state index is -0.559. The molecule has 1 aromatic carbocycles. The van der Waals surface area contributed by atoms with E-state index in [1.165, 1.54) is 30.5 Å². The Morgan fingerprint density at radius 1 is 1.36 bits per heavy atom. The molecule has 7 nitrogen and oxygen atoms in total. The lowest BCUT2D eigenvalue weighted by Crippen LogP contribution is -2.17. The number of carbonyl (C=O) groups excluding carboxylic acids is 1. The molecule has 0 fully saturated rings. The minimum absolute atomic E-state index is 0.148. The number of furan rings is 1. The van der Waals surface area contributed by atoms with E-state index in [2.05, 4.69) is 10.5 Å². The molecule has 1 heterocycles. The van der Waals surface area contributed by atoms with Gasteiger partial charge in [0.1, 0.15) is 5.76 Å². The Balaban J connectivity index is 1.99. The van der Waals surface area contributed by atoms with Crippen molar-refractivity contribution in [3.8, 4) is 0 Å². The molecule has 2 aromatic rings. The van der Waals surface area contributed by atoms with E-state index in [-0.39, 0.29) is 11.3 Å². The molecule has 0 saturated carbocycles. The predicted molar refractivity (Wildman–Crippen MR) is 81.4 cm³/mol. The molecule has 22 heavy (non-hydrogen) atoms. The monoisotopic (exact) mass is 299 g/mol. The zero-order chi connectivity index (χ0) is 15.9. The number of hydrazone groups is 1. The van der Waals surface area contributed by atoms with Gasteiger partial charge in [0.2, 0.25) is 0 Å². The van der Waals surface area contributed by atoms with Crippen LogP contribution in [-0.4, -0.2) is 17.0 Å². The zero-order valence-electron chi connectivity index (χ0n) is 11.7. The number of nitrogens with one attached hydrogen (secondary N) is 1. The fourth-order valence-electron chi connectivity index (χ4n) is 1.65. The van der Waals surface area contributed by atoms with Crippen molar-refractivity contribution in [1.82, 2.24) is 5.43 Å². The predicted octanol–water partition coefficient (Wildman–Crippen LogP) is 3.01. The second kappa shape index (κ2) is 6.98. The van der Waals surface area contributed by atoms with Crippen LogP contribution in [0.1, 0.15) is 23.0 Å². The van der Waals surface area contributed by atoms with Gasteiger partial charge in [-0.1, -0.05) is 6.07 Å². The molecule has 1 N–H and O–H groups in total. The summed E-state index contributed by atoms with van der Waals surface area (Å²) in [6, 6.07) is 8.98. The first-order valence-corrected chi connectivity index (χ1v) is 6.36. The summed E-state index contributed by atoms with van der Waals surface area (Å²) >= 11 is 0. The lowest BCUT2D eigenvalue weighted by molar-refractivity contribution is -0.384. The number of non-ortho nitro benzene ring substituents is 1. The van der Waals surface area contributed by atoms with Crippen LogP contribution in [0.5, 0.6) is 0 Å². The molecule has 2 rings (SSSR count). The van der Waals surface area contributed by atoms with Gasteiger partial charge in [0.25, 0.3) is 11.6 Å². The number of nitrogens with zero attached hydrogens (tertiary/aromatic N) is 2. The quantitative estimate of drug-likeness (QED) is 0.521. The Kier molecular flexibility index (Phi) is 4.81. The van der Waals surface area contributed by atoms with Crippen molar-refractivity contribution in [3.63, 3.8) is 0 Å². The summed E-state index contributed by atoms with van der Waals surface area (Å²) in [4.78, 5) is 21.9. The molecular formula is C15H13N3O4. The molecule has 0 radical (unpaired) electrons. The molecule has 0 aliphatic carbocycles. The summed E-state index contributed by atoms with van der Waals surface area (Å²) in [5.41, 5.74) is 3.10. The topological polar surface area (TPSA) is 97.7 Å². The fraction of sp³-hybridized carbons (Fsp3) is 0.0667. The van der Waals surface area contributed by atoms with Crippen molar-refractivity contribution in [2.24, 2.45) is 5.10 Å². The van der Waals surface area contributed by atoms with E-state index in [0.29, 0.717) is 5.76 Å². The Morgan fingerprint density at radius 3 is 2.86 bits per heavy atom. The number of hydrogen-bond donors (Lipinski definition) is 1. The van der Waals surface area contributed by atoms with Crippen molar-refractivity contribution in [2.45, 2.75) is 6.92 Å². The van der Waals surface area contributed by atoms with E-state index in [0.717, 1.165) is 5.57 Å². The van der Waals surface area contributed by atoms with Gasteiger partial charge >= 0.3 is 0 Å². The van der Waals surface area contributed by atoms with Gasteiger partial charge in [0, 0.05) is 17.7 Å². The van der Waals surface area contributed by atoms with Crippen LogP contribution in [0.4, 0.5) is 5.69 Å². The summed E-state index contributed by atoms with van der Waals surface area (Å²) in [6.45, 7) is 1.80. The summed E-state index contributed by atoms with van der Waals surface area (Å²) in [7, 11) is 0. The van der Waals surface area contributed by atoms with Gasteiger partial charge in [-0.25, -0.2) is 5.43 Å². The van der Waals surface area contributed by atoms with Gasteiger partial charge in [-0.3, -0.25) is 14.9 Å². The lowest BCUT2D eigenvalue weighted by atomic mass is 10.2. The molecular weight excluding hydrogens is 286 g/mol. The average molecular weight is 299 g/mol. The van der Waals surface area contributed by atoms with Crippen LogP contribution in [0.25, 0.3) is 6.08 Å². The second-order valence-electron chi connectivity index (χ2n) is 4.41. The van der Waals surface area contributed by atoms with E-state index in [1.54, 1.807) is 31.4 Å². The van der Waals surface area contributed by atoms with Gasteiger partial charge in [0.05, 0.1) is 17.4 Å². The fourth-order valence-corrected chi connectivity index (χ4v) is 1.65. The summed E-state index contributed by atoms with van der Waals surface area (Å²) in [6.07, 6.45) is 4.77. The second-order valence-corrected chi connectivity index (χ2v) is 4.41. The van der Waals surface area contributed by atoms with Gasteiger partial charge in [-0.15, -0.1) is 0 Å². The molecule has 0 bridgehead atoms. The third-order valence-electron chi connectivity index (χ3n) is 2.67. The molecule has 0 unspecified atom stereocenters. The van der Waals surface area contributed by atoms with E-state index >= 15 is 0 Å². The van der Waals surface area contributed by atoms with Crippen LogP contribution in [0.2, 0.25) is 0 Å². The molecule has 1 amide bonds. The number of rotatable bonds is 5. The van der Waals surface area contributed by atoms with Crippen LogP contribution >= 0.6 is 0 Å². The third-order valence-corrected chi connectivity index (χ3v) is 2.67. The van der Waals surface area contributed by atoms with E-state index in [4.69, 9.17) is 4.42 Å². The van der Waals surface area contributed by atoms with E-state index in [1.807, 2.05) is 0 Å². The highest BCUT2D eigenvalue weighted by Gasteiger charge is 2.10. The first kappa shape index (κ1) is 15.2. The molecule has 0 saturated heterocycles. The maximum Gasteiger partial charge on any atom is 0.271 e. The Morgan fingerprint density at radius 2 is 2.18 bits per heavy atom. The average Bonchev–Trinajstić information content (AvgIpc) is 3.00. The zero-order valence-corrected chi connectivity index (χ0v) is 11.7. The van der Waals surface area contributed by atoms with Crippen LogP contribution in [0.15, 0.2) is 57.8 Å².